The molecule has 0 aliphatic carbocycles. The van der Waals surface area contributed by atoms with Crippen molar-refractivity contribution in [2.75, 3.05) is 26.9 Å². The SMILES string of the molecule is COCCOc1ccc(CCN)cc1F. The van der Waals surface area contributed by atoms with Crippen LogP contribution in [-0.4, -0.2) is 26.9 Å². The smallest absolute Gasteiger partial charge is 0.165 e. The first-order chi connectivity index (χ1) is 7.27. The molecule has 0 unspecified atom stereocenters. The molecule has 0 atom stereocenters. The van der Waals surface area contributed by atoms with Crippen molar-refractivity contribution < 1.29 is 13.9 Å². The number of hydrogen-bond donors (Lipinski definition) is 1. The molecule has 15 heavy (non-hydrogen) atoms. The molecule has 0 spiro atoms. The zero-order valence-corrected chi connectivity index (χ0v) is 8.83. The molecule has 0 fully saturated rings. The standard InChI is InChI=1S/C11H16FNO2/c1-14-6-7-15-11-3-2-9(4-5-13)8-10(11)12/h2-3,8H,4-7,13H2,1H3. The van der Waals surface area contributed by atoms with E-state index in [0.717, 1.165) is 5.56 Å². The molecule has 2 N–H and O–H groups in total. The highest BCUT2D eigenvalue weighted by Crippen LogP contribution is 2.18. The summed E-state index contributed by atoms with van der Waals surface area (Å²) in [6, 6.07) is 4.89. The average Bonchev–Trinajstić information content (AvgIpc) is 2.22. The minimum absolute atomic E-state index is 0.257. The first-order valence-electron chi connectivity index (χ1n) is 4.88. The van der Waals surface area contributed by atoms with Crippen LogP contribution in [0.4, 0.5) is 4.39 Å². The second-order valence-electron chi connectivity index (χ2n) is 3.14. The van der Waals surface area contributed by atoms with Gasteiger partial charge < -0.3 is 15.2 Å². The first-order valence-corrected chi connectivity index (χ1v) is 4.88. The lowest BCUT2D eigenvalue weighted by molar-refractivity contribution is 0.144. The van der Waals surface area contributed by atoms with Crippen LogP contribution in [0.5, 0.6) is 5.75 Å². The van der Waals surface area contributed by atoms with Gasteiger partial charge in [-0.2, -0.15) is 0 Å². The minimum Gasteiger partial charge on any atom is -0.488 e. The lowest BCUT2D eigenvalue weighted by Gasteiger charge is -2.07. The van der Waals surface area contributed by atoms with E-state index in [1.54, 1.807) is 13.2 Å². The summed E-state index contributed by atoms with van der Waals surface area (Å²) in [7, 11) is 1.57. The maximum atomic E-state index is 13.4. The van der Waals surface area contributed by atoms with E-state index in [0.29, 0.717) is 26.2 Å². The molecule has 0 aliphatic rings. The second kappa shape index (κ2) is 6.37. The highest BCUT2D eigenvalue weighted by Gasteiger charge is 2.04. The fourth-order valence-corrected chi connectivity index (χ4v) is 1.22. The Hall–Kier alpha value is -1.13. The van der Waals surface area contributed by atoms with Gasteiger partial charge in [0.1, 0.15) is 6.61 Å². The third-order valence-corrected chi connectivity index (χ3v) is 1.97. The number of nitrogens with two attached hydrogens (primary N) is 1. The highest BCUT2D eigenvalue weighted by molar-refractivity contribution is 5.29. The molecule has 0 heterocycles. The molecule has 4 heteroatoms. The molecule has 0 aromatic heterocycles. The van der Waals surface area contributed by atoms with Crippen LogP contribution < -0.4 is 10.5 Å². The lowest BCUT2D eigenvalue weighted by Crippen LogP contribution is -2.06. The van der Waals surface area contributed by atoms with Crippen molar-refractivity contribution in [2.24, 2.45) is 5.73 Å². The van der Waals surface area contributed by atoms with Gasteiger partial charge in [-0.05, 0) is 30.7 Å². The van der Waals surface area contributed by atoms with Crippen LogP contribution in [0, 0.1) is 5.82 Å². The van der Waals surface area contributed by atoms with E-state index in [9.17, 15) is 4.39 Å². The van der Waals surface area contributed by atoms with Crippen LogP contribution in [-0.2, 0) is 11.2 Å². The summed E-state index contributed by atoms with van der Waals surface area (Å²) in [4.78, 5) is 0. The van der Waals surface area contributed by atoms with Crippen molar-refractivity contribution in [3.8, 4) is 5.75 Å². The Bertz CT molecular complexity index is 305. The first kappa shape index (κ1) is 11.9. The van der Waals surface area contributed by atoms with E-state index in [1.807, 2.05) is 6.07 Å². The van der Waals surface area contributed by atoms with Gasteiger partial charge >= 0.3 is 0 Å². The van der Waals surface area contributed by atoms with Crippen molar-refractivity contribution in [3.63, 3.8) is 0 Å². The number of ether oxygens (including phenoxy) is 2. The maximum Gasteiger partial charge on any atom is 0.165 e. The Balaban J connectivity index is 2.58. The molecule has 0 saturated carbocycles. The average molecular weight is 213 g/mol. The summed E-state index contributed by atoms with van der Waals surface area (Å²) in [5.41, 5.74) is 6.26. The predicted molar refractivity (Wildman–Crippen MR) is 56.5 cm³/mol. The van der Waals surface area contributed by atoms with Crippen LogP contribution in [0.2, 0.25) is 0 Å². The van der Waals surface area contributed by atoms with Gasteiger partial charge in [0, 0.05) is 7.11 Å². The Kier molecular flexibility index (Phi) is 5.07. The highest BCUT2D eigenvalue weighted by atomic mass is 19.1. The summed E-state index contributed by atoms with van der Waals surface area (Å²) >= 11 is 0. The van der Waals surface area contributed by atoms with E-state index in [2.05, 4.69) is 0 Å². The van der Waals surface area contributed by atoms with Gasteiger partial charge in [0.05, 0.1) is 6.61 Å². The van der Waals surface area contributed by atoms with Crippen LogP contribution in [0.25, 0.3) is 0 Å². The summed E-state index contributed by atoms with van der Waals surface area (Å²) < 4.78 is 23.4. The topological polar surface area (TPSA) is 44.5 Å². The van der Waals surface area contributed by atoms with E-state index in [1.165, 1.54) is 6.07 Å². The second-order valence-corrected chi connectivity index (χ2v) is 3.14. The zero-order chi connectivity index (χ0) is 11.1. The molecule has 0 radical (unpaired) electrons. The zero-order valence-electron chi connectivity index (χ0n) is 8.83. The lowest BCUT2D eigenvalue weighted by atomic mass is 10.1. The van der Waals surface area contributed by atoms with E-state index < -0.39 is 0 Å². The fourth-order valence-electron chi connectivity index (χ4n) is 1.22. The largest absolute Gasteiger partial charge is 0.488 e. The van der Waals surface area contributed by atoms with E-state index in [-0.39, 0.29) is 11.6 Å². The monoisotopic (exact) mass is 213 g/mol. The molecule has 0 amide bonds. The van der Waals surface area contributed by atoms with Crippen molar-refractivity contribution in [1.29, 1.82) is 0 Å². The van der Waals surface area contributed by atoms with Gasteiger partial charge in [-0.1, -0.05) is 6.07 Å². The van der Waals surface area contributed by atoms with Crippen LogP contribution >= 0.6 is 0 Å². The number of benzene rings is 1. The molecule has 1 aromatic rings. The van der Waals surface area contributed by atoms with Gasteiger partial charge in [0.25, 0.3) is 0 Å². The minimum atomic E-state index is -0.350. The Morgan fingerprint density at radius 2 is 2.13 bits per heavy atom. The predicted octanol–water partition coefficient (Wildman–Crippen LogP) is 1.35. The van der Waals surface area contributed by atoms with Crippen molar-refractivity contribution in [3.05, 3.63) is 29.6 Å². The van der Waals surface area contributed by atoms with Gasteiger partial charge in [-0.25, -0.2) is 4.39 Å². The van der Waals surface area contributed by atoms with E-state index >= 15 is 0 Å². The molecule has 3 nitrogen and oxygen atoms in total. The molecular formula is C11H16FNO2. The summed E-state index contributed by atoms with van der Waals surface area (Å²) in [6.07, 6.45) is 0.676. The molecule has 1 rings (SSSR count). The third-order valence-electron chi connectivity index (χ3n) is 1.97. The molecule has 0 saturated heterocycles. The van der Waals surface area contributed by atoms with Crippen LogP contribution in [0.1, 0.15) is 5.56 Å². The van der Waals surface area contributed by atoms with Gasteiger partial charge in [-0.15, -0.1) is 0 Å². The van der Waals surface area contributed by atoms with Gasteiger partial charge in [-0.3, -0.25) is 0 Å². The number of rotatable bonds is 6. The summed E-state index contributed by atoms with van der Waals surface area (Å²) in [6.45, 7) is 1.32. The van der Waals surface area contributed by atoms with Gasteiger partial charge in [0.2, 0.25) is 0 Å². The Morgan fingerprint density at radius 1 is 1.33 bits per heavy atom. The van der Waals surface area contributed by atoms with Gasteiger partial charge in [0.15, 0.2) is 11.6 Å². The Morgan fingerprint density at radius 3 is 2.73 bits per heavy atom. The molecule has 0 aliphatic heterocycles. The van der Waals surface area contributed by atoms with E-state index in [4.69, 9.17) is 15.2 Å². The molecule has 0 bridgehead atoms. The third kappa shape index (κ3) is 3.85. The summed E-state index contributed by atoms with van der Waals surface area (Å²) in [5.74, 6) is -0.0927. The quantitative estimate of drug-likeness (QED) is 0.725. The number of halogens is 1. The van der Waals surface area contributed by atoms with Crippen molar-refractivity contribution in [1.82, 2.24) is 0 Å². The maximum absolute atomic E-state index is 13.4. The van der Waals surface area contributed by atoms with Crippen molar-refractivity contribution >= 4 is 0 Å². The van der Waals surface area contributed by atoms with Crippen LogP contribution in [0.15, 0.2) is 18.2 Å². The molecule has 84 valence electrons. The summed E-state index contributed by atoms with van der Waals surface area (Å²) in [5, 5.41) is 0. The molecular weight excluding hydrogens is 197 g/mol. The molecule has 1 aromatic carbocycles. The fraction of sp³-hybridized carbons (Fsp3) is 0.455. The Labute approximate surface area is 89.0 Å². The number of methoxy groups -OCH3 is 1. The van der Waals surface area contributed by atoms with Crippen LogP contribution in [0.3, 0.4) is 0 Å². The normalized spacial score (nSPS) is 10.3. The number of hydrogen-bond acceptors (Lipinski definition) is 3. The van der Waals surface area contributed by atoms with Crippen molar-refractivity contribution in [2.45, 2.75) is 6.42 Å².